The van der Waals surface area contributed by atoms with E-state index in [2.05, 4.69) is 10.3 Å². The van der Waals surface area contributed by atoms with Crippen molar-refractivity contribution in [3.8, 4) is 0 Å². The summed E-state index contributed by atoms with van der Waals surface area (Å²) in [5.74, 6) is 0.362. The molecule has 1 N–H and O–H groups in total. The summed E-state index contributed by atoms with van der Waals surface area (Å²) in [6.07, 6.45) is 0. The summed E-state index contributed by atoms with van der Waals surface area (Å²) < 4.78 is 7.05. The van der Waals surface area contributed by atoms with Gasteiger partial charge in [-0.15, -0.1) is 0 Å². The predicted octanol–water partition coefficient (Wildman–Crippen LogP) is 1.99. The second-order valence-electron chi connectivity index (χ2n) is 5.31. The van der Waals surface area contributed by atoms with Crippen molar-refractivity contribution in [1.82, 2.24) is 14.8 Å². The van der Waals surface area contributed by atoms with Crippen LogP contribution in [-0.2, 0) is 16.3 Å². The summed E-state index contributed by atoms with van der Waals surface area (Å²) in [7, 11) is 5.27. The molecular weight excluding hydrogens is 304 g/mol. The predicted molar refractivity (Wildman–Crippen MR) is 86.0 cm³/mol. The lowest BCUT2D eigenvalue weighted by Gasteiger charge is -2.09. The van der Waals surface area contributed by atoms with E-state index in [1.54, 1.807) is 12.0 Å². The summed E-state index contributed by atoms with van der Waals surface area (Å²) >= 11 is 6.52. The number of hydrogen-bond donors (Lipinski definition) is 1. The smallest absolute Gasteiger partial charge is 0.256 e. The zero-order chi connectivity index (χ0) is 15.9. The van der Waals surface area contributed by atoms with Gasteiger partial charge < -0.3 is 14.2 Å². The van der Waals surface area contributed by atoms with E-state index in [-0.39, 0.29) is 5.91 Å². The number of halogens is 1. The van der Waals surface area contributed by atoms with Crippen LogP contribution >= 0.6 is 11.6 Å². The third-order valence-corrected chi connectivity index (χ3v) is 4.04. The molecule has 1 aliphatic heterocycles. The molecule has 6 nitrogen and oxygen atoms in total. The van der Waals surface area contributed by atoms with Crippen LogP contribution in [0.15, 0.2) is 29.3 Å². The van der Waals surface area contributed by atoms with Crippen molar-refractivity contribution >= 4 is 34.4 Å². The Morgan fingerprint density at radius 1 is 1.41 bits per heavy atom. The molecule has 3 rings (SSSR count). The number of fused-ring (bicyclic) bond motifs is 1. The van der Waals surface area contributed by atoms with Crippen LogP contribution in [0.25, 0.3) is 10.9 Å². The van der Waals surface area contributed by atoms with Crippen LogP contribution in [0.1, 0.15) is 11.6 Å². The molecule has 0 bridgehead atoms. The molecule has 0 aliphatic carbocycles. The number of carbonyl (C=O) groups excluding carboxylic acids is 1. The molecule has 2 heterocycles. The third-order valence-electron chi connectivity index (χ3n) is 3.63. The Labute approximate surface area is 133 Å². The van der Waals surface area contributed by atoms with Gasteiger partial charge in [-0.1, -0.05) is 29.8 Å². The maximum atomic E-state index is 12.3. The number of guanidine groups is 1. The van der Waals surface area contributed by atoms with E-state index < -0.39 is 6.04 Å². The Morgan fingerprint density at radius 3 is 2.77 bits per heavy atom. The first kappa shape index (κ1) is 14.9. The molecule has 0 saturated carbocycles. The number of hydrogen-bond acceptors (Lipinski definition) is 4. The Kier molecular flexibility index (Phi) is 3.80. The van der Waals surface area contributed by atoms with Crippen molar-refractivity contribution in [1.29, 1.82) is 0 Å². The SMILES string of the molecule is COCn1c(Cl)c(C2N=C(N(C)C)NC2=O)c2ccccc21. The minimum absolute atomic E-state index is 0.175. The highest BCUT2D eigenvalue weighted by Crippen LogP contribution is 2.37. The van der Waals surface area contributed by atoms with Crippen molar-refractivity contribution in [3.05, 3.63) is 35.0 Å². The standard InChI is InChI=1S/C15H17ClN4O2/c1-19(2)15-17-12(14(21)18-15)11-9-6-4-5-7-10(9)20(8-22-3)13(11)16/h4-7,12H,8H2,1-3H3,(H,17,18,21). The van der Waals surface area contributed by atoms with Crippen molar-refractivity contribution in [2.24, 2.45) is 4.99 Å². The van der Waals surface area contributed by atoms with Gasteiger partial charge in [0.05, 0.1) is 5.52 Å². The molecule has 0 fully saturated rings. The van der Waals surface area contributed by atoms with Crippen LogP contribution < -0.4 is 5.32 Å². The van der Waals surface area contributed by atoms with Crippen molar-refractivity contribution < 1.29 is 9.53 Å². The van der Waals surface area contributed by atoms with E-state index in [1.165, 1.54) is 0 Å². The number of nitrogens with zero attached hydrogens (tertiary/aromatic N) is 3. The largest absolute Gasteiger partial charge is 0.364 e. The summed E-state index contributed by atoms with van der Waals surface area (Å²) in [6, 6.07) is 7.10. The second kappa shape index (κ2) is 5.62. The van der Waals surface area contributed by atoms with E-state index in [0.717, 1.165) is 10.9 Å². The Bertz CT molecular complexity index is 766. The second-order valence-corrected chi connectivity index (χ2v) is 5.66. The monoisotopic (exact) mass is 320 g/mol. The Hall–Kier alpha value is -2.05. The van der Waals surface area contributed by atoms with E-state index in [4.69, 9.17) is 16.3 Å². The molecule has 116 valence electrons. The fourth-order valence-corrected chi connectivity index (χ4v) is 2.97. The quantitative estimate of drug-likeness (QED) is 0.941. The first-order chi connectivity index (χ1) is 10.5. The van der Waals surface area contributed by atoms with Crippen LogP contribution in [-0.4, -0.2) is 42.5 Å². The number of para-hydroxylation sites is 1. The molecule has 22 heavy (non-hydrogen) atoms. The normalized spacial score (nSPS) is 17.7. The minimum Gasteiger partial charge on any atom is -0.364 e. The number of rotatable bonds is 3. The van der Waals surface area contributed by atoms with Gasteiger partial charge in [0.1, 0.15) is 11.9 Å². The highest BCUT2D eigenvalue weighted by atomic mass is 35.5. The number of methoxy groups -OCH3 is 1. The zero-order valence-electron chi connectivity index (χ0n) is 12.6. The fraction of sp³-hybridized carbons (Fsp3) is 0.333. The van der Waals surface area contributed by atoms with Crippen LogP contribution in [0.4, 0.5) is 0 Å². The van der Waals surface area contributed by atoms with Gasteiger partial charge in [-0.3, -0.25) is 10.1 Å². The lowest BCUT2D eigenvalue weighted by Crippen LogP contribution is -2.35. The minimum atomic E-state index is -0.645. The van der Waals surface area contributed by atoms with Crippen LogP contribution in [0.3, 0.4) is 0 Å². The average molecular weight is 321 g/mol. The van der Waals surface area contributed by atoms with Crippen LogP contribution in [0.5, 0.6) is 0 Å². The molecule has 0 spiro atoms. The number of carbonyl (C=O) groups is 1. The molecule has 7 heteroatoms. The maximum Gasteiger partial charge on any atom is 0.256 e. The van der Waals surface area contributed by atoms with E-state index >= 15 is 0 Å². The van der Waals surface area contributed by atoms with Gasteiger partial charge in [-0.25, -0.2) is 4.99 Å². The van der Waals surface area contributed by atoms with Crippen molar-refractivity contribution in [2.45, 2.75) is 12.8 Å². The molecule has 1 aliphatic rings. The van der Waals surface area contributed by atoms with Crippen LogP contribution in [0.2, 0.25) is 5.15 Å². The van der Waals surface area contributed by atoms with Gasteiger partial charge in [-0.2, -0.15) is 0 Å². The van der Waals surface area contributed by atoms with Crippen molar-refractivity contribution in [2.75, 3.05) is 21.2 Å². The number of aromatic nitrogens is 1. The highest BCUT2D eigenvalue weighted by molar-refractivity contribution is 6.32. The molecular formula is C15H17ClN4O2. The van der Waals surface area contributed by atoms with E-state index in [9.17, 15) is 4.79 Å². The van der Waals surface area contributed by atoms with Gasteiger partial charge in [0.2, 0.25) is 5.96 Å². The molecule has 1 amide bonds. The third kappa shape index (κ3) is 2.24. The first-order valence-electron chi connectivity index (χ1n) is 6.86. The number of ether oxygens (including phenoxy) is 1. The number of benzene rings is 1. The van der Waals surface area contributed by atoms with Gasteiger partial charge >= 0.3 is 0 Å². The Morgan fingerprint density at radius 2 is 2.14 bits per heavy atom. The molecule has 1 atom stereocenters. The van der Waals surface area contributed by atoms with Gasteiger partial charge in [0.25, 0.3) is 5.91 Å². The summed E-state index contributed by atoms with van der Waals surface area (Å²) in [5.41, 5.74) is 1.63. The molecule has 1 unspecified atom stereocenters. The Balaban J connectivity index is 2.19. The van der Waals surface area contributed by atoms with Crippen LogP contribution in [0, 0.1) is 0 Å². The van der Waals surface area contributed by atoms with E-state index in [0.29, 0.717) is 23.4 Å². The number of aliphatic imine (C=N–C) groups is 1. The lowest BCUT2D eigenvalue weighted by molar-refractivity contribution is -0.120. The molecule has 1 aromatic carbocycles. The van der Waals surface area contributed by atoms with Gasteiger partial charge in [0, 0.05) is 32.2 Å². The van der Waals surface area contributed by atoms with E-state index in [1.807, 2.05) is 42.9 Å². The van der Waals surface area contributed by atoms with Gasteiger partial charge in [-0.05, 0) is 6.07 Å². The highest BCUT2D eigenvalue weighted by Gasteiger charge is 2.33. The molecule has 2 aromatic rings. The molecule has 0 radical (unpaired) electrons. The average Bonchev–Trinajstić information content (AvgIpc) is 2.99. The molecule has 1 aromatic heterocycles. The number of nitrogens with one attached hydrogen (secondary N) is 1. The van der Waals surface area contributed by atoms with Crippen molar-refractivity contribution in [3.63, 3.8) is 0 Å². The maximum absolute atomic E-state index is 12.3. The summed E-state index contributed by atoms with van der Waals surface area (Å²) in [4.78, 5) is 18.5. The molecule has 0 saturated heterocycles. The topological polar surface area (TPSA) is 58.9 Å². The fourth-order valence-electron chi connectivity index (χ4n) is 2.63. The first-order valence-corrected chi connectivity index (χ1v) is 7.24. The number of amides is 1. The summed E-state index contributed by atoms with van der Waals surface area (Å²) in [6.45, 7) is 0.317. The zero-order valence-corrected chi connectivity index (χ0v) is 13.4. The lowest BCUT2D eigenvalue weighted by atomic mass is 10.1. The van der Waals surface area contributed by atoms with Gasteiger partial charge in [0.15, 0.2) is 6.04 Å². The summed E-state index contributed by atoms with van der Waals surface area (Å²) in [5, 5.41) is 4.16.